The van der Waals surface area contributed by atoms with Crippen LogP contribution >= 0.6 is 11.8 Å². The van der Waals surface area contributed by atoms with E-state index >= 15 is 0 Å². The number of benzene rings is 3. The lowest BCUT2D eigenvalue weighted by atomic mass is 9.97. The molecule has 1 saturated heterocycles. The summed E-state index contributed by atoms with van der Waals surface area (Å²) in [6.07, 6.45) is -0.0523. The van der Waals surface area contributed by atoms with Gasteiger partial charge < -0.3 is 14.2 Å². The van der Waals surface area contributed by atoms with Crippen molar-refractivity contribution >= 4 is 34.7 Å². The molecule has 0 spiro atoms. The van der Waals surface area contributed by atoms with Crippen LogP contribution < -0.4 is 14.8 Å². The molecule has 0 radical (unpaired) electrons. The third kappa shape index (κ3) is 5.58. The maximum Gasteiger partial charge on any atom is 0.333 e. The number of carbonyl (C=O) groups is 4. The van der Waals surface area contributed by atoms with Crippen LogP contribution in [0.2, 0.25) is 0 Å². The van der Waals surface area contributed by atoms with Gasteiger partial charge in [0.2, 0.25) is 10.5 Å². The lowest BCUT2D eigenvalue weighted by Gasteiger charge is -2.22. The zero-order valence-electron chi connectivity index (χ0n) is 19.4. The van der Waals surface area contributed by atoms with Crippen molar-refractivity contribution < 1.29 is 33.4 Å². The van der Waals surface area contributed by atoms with E-state index in [-0.39, 0.29) is 25.4 Å². The molecule has 1 unspecified atom stereocenters. The first-order valence-electron chi connectivity index (χ1n) is 11.0. The molecule has 1 aliphatic heterocycles. The molecule has 9 heteroatoms. The molecule has 0 bridgehead atoms. The van der Waals surface area contributed by atoms with E-state index in [9.17, 15) is 19.2 Å². The molecule has 36 heavy (non-hydrogen) atoms. The summed E-state index contributed by atoms with van der Waals surface area (Å²) >= 11 is 0.617. The zero-order valence-corrected chi connectivity index (χ0v) is 20.2. The van der Waals surface area contributed by atoms with Crippen LogP contribution in [0.25, 0.3) is 0 Å². The van der Waals surface area contributed by atoms with Crippen molar-refractivity contribution in [3.8, 4) is 11.5 Å². The van der Waals surface area contributed by atoms with Gasteiger partial charge in [-0.2, -0.15) is 0 Å². The fourth-order valence-corrected chi connectivity index (χ4v) is 4.66. The van der Waals surface area contributed by atoms with Crippen molar-refractivity contribution in [3.05, 3.63) is 95.6 Å². The first-order valence-corrected chi connectivity index (χ1v) is 11.9. The van der Waals surface area contributed by atoms with Crippen LogP contribution in [0.1, 0.15) is 21.5 Å². The fourth-order valence-electron chi connectivity index (χ4n) is 3.68. The molecule has 3 aromatic carbocycles. The molecule has 184 valence electrons. The van der Waals surface area contributed by atoms with Gasteiger partial charge in [0.15, 0.2) is 6.61 Å². The Bertz CT molecular complexity index is 1280. The molecule has 1 aliphatic rings. The Kier molecular flexibility index (Phi) is 7.70. The number of carbonyl (C=O) groups excluding carboxylic acids is 4. The molecule has 0 aromatic heterocycles. The molecule has 1 atom stereocenters. The van der Waals surface area contributed by atoms with Crippen LogP contribution in [0.3, 0.4) is 0 Å². The van der Waals surface area contributed by atoms with Crippen molar-refractivity contribution in [1.82, 2.24) is 5.32 Å². The molecule has 0 aliphatic carbocycles. The van der Waals surface area contributed by atoms with Crippen molar-refractivity contribution in [2.24, 2.45) is 0 Å². The number of methoxy groups -OCH3 is 1. The standard InChI is InChI=1S/C27H23NO7S/c1-33-23-10-6-5-9-21(23)22(29)17-34-20-13-11-18(12-14-20)15-27(24(30)28-26(32)36-27)25(31)35-16-19-7-3-2-4-8-19/h2-14H,15-17H2,1H3,(H,28,30,32). The van der Waals surface area contributed by atoms with E-state index in [4.69, 9.17) is 14.2 Å². The van der Waals surface area contributed by atoms with Crippen molar-refractivity contribution in [1.29, 1.82) is 0 Å². The monoisotopic (exact) mass is 505 g/mol. The van der Waals surface area contributed by atoms with Crippen LogP contribution in [0.4, 0.5) is 4.79 Å². The van der Waals surface area contributed by atoms with E-state index in [0.29, 0.717) is 34.4 Å². The molecule has 4 rings (SSSR count). The predicted octanol–water partition coefficient (Wildman–Crippen LogP) is 3.96. The SMILES string of the molecule is COc1ccccc1C(=O)COc1ccc(CC2(C(=O)OCc3ccccc3)SC(=O)NC2=O)cc1. The summed E-state index contributed by atoms with van der Waals surface area (Å²) in [5.41, 5.74) is 1.80. The summed E-state index contributed by atoms with van der Waals surface area (Å²) in [4.78, 5) is 50.1. The molecule has 0 saturated carbocycles. The summed E-state index contributed by atoms with van der Waals surface area (Å²) in [6.45, 7) is -0.210. The van der Waals surface area contributed by atoms with Gasteiger partial charge in [-0.1, -0.05) is 54.6 Å². The van der Waals surface area contributed by atoms with Gasteiger partial charge in [-0.05, 0) is 47.2 Å². The number of thioether (sulfide) groups is 1. The van der Waals surface area contributed by atoms with Gasteiger partial charge in [0, 0.05) is 6.42 Å². The van der Waals surface area contributed by atoms with Crippen molar-refractivity contribution in [3.63, 3.8) is 0 Å². The van der Waals surface area contributed by atoms with E-state index < -0.39 is 21.9 Å². The topological polar surface area (TPSA) is 108 Å². The molecular formula is C27H23NO7S. The quantitative estimate of drug-likeness (QED) is 0.251. The maximum atomic E-state index is 13.0. The molecule has 3 aromatic rings. The Labute approximate surface area is 211 Å². The van der Waals surface area contributed by atoms with Crippen molar-refractivity contribution in [2.45, 2.75) is 17.8 Å². The Morgan fingerprint density at radius 3 is 2.25 bits per heavy atom. The highest BCUT2D eigenvalue weighted by Gasteiger charge is 2.55. The number of rotatable bonds is 10. The number of ketones is 1. The number of hydrogen-bond acceptors (Lipinski definition) is 8. The summed E-state index contributed by atoms with van der Waals surface area (Å²) in [5, 5.41) is 1.58. The number of Topliss-reactive ketones (excluding diaryl/α,β-unsaturated/α-hetero) is 1. The minimum atomic E-state index is -1.73. The minimum absolute atomic E-state index is 0.0174. The third-order valence-corrected chi connectivity index (χ3v) is 6.68. The Morgan fingerprint density at radius 2 is 1.58 bits per heavy atom. The van der Waals surface area contributed by atoms with Gasteiger partial charge in [-0.25, -0.2) is 4.79 Å². The lowest BCUT2D eigenvalue weighted by molar-refractivity contribution is -0.150. The zero-order chi connectivity index (χ0) is 25.5. The average molecular weight is 506 g/mol. The largest absolute Gasteiger partial charge is 0.496 e. The molecule has 1 heterocycles. The van der Waals surface area contributed by atoms with Gasteiger partial charge in [-0.15, -0.1) is 0 Å². The molecule has 8 nitrogen and oxygen atoms in total. The Balaban J connectivity index is 1.42. The fraction of sp³-hybridized carbons (Fsp3) is 0.185. The predicted molar refractivity (Wildman–Crippen MR) is 133 cm³/mol. The second-order valence-electron chi connectivity index (χ2n) is 7.97. The van der Waals surface area contributed by atoms with Crippen molar-refractivity contribution in [2.75, 3.05) is 13.7 Å². The number of ether oxygens (including phenoxy) is 3. The van der Waals surface area contributed by atoms with Gasteiger partial charge in [0.05, 0.1) is 12.7 Å². The molecule has 1 N–H and O–H groups in total. The van der Waals surface area contributed by atoms with Crippen LogP contribution in [-0.2, 0) is 27.4 Å². The highest BCUT2D eigenvalue weighted by atomic mass is 32.2. The van der Waals surface area contributed by atoms with Crippen LogP contribution in [0.5, 0.6) is 11.5 Å². The smallest absolute Gasteiger partial charge is 0.333 e. The number of nitrogens with one attached hydrogen (secondary N) is 1. The first-order chi connectivity index (χ1) is 17.4. The summed E-state index contributed by atoms with van der Waals surface area (Å²) in [6, 6.07) is 22.5. The van der Waals surface area contributed by atoms with Gasteiger partial charge in [0.25, 0.3) is 11.1 Å². The van der Waals surface area contributed by atoms with Crippen LogP contribution in [-0.4, -0.2) is 41.4 Å². The normalized spacial score (nSPS) is 16.8. The van der Waals surface area contributed by atoms with Gasteiger partial charge in [-0.3, -0.25) is 19.7 Å². The number of imide groups is 1. The second kappa shape index (κ2) is 11.1. The number of amides is 2. The van der Waals surface area contributed by atoms with E-state index in [1.807, 2.05) is 18.2 Å². The minimum Gasteiger partial charge on any atom is -0.496 e. The first kappa shape index (κ1) is 25.0. The summed E-state index contributed by atoms with van der Waals surface area (Å²) < 4.78 is 14.5. The number of esters is 1. The third-order valence-electron chi connectivity index (χ3n) is 5.55. The second-order valence-corrected chi connectivity index (χ2v) is 9.24. The van der Waals surface area contributed by atoms with Crippen LogP contribution in [0, 0.1) is 0 Å². The number of para-hydroxylation sites is 1. The van der Waals surface area contributed by atoms with E-state index in [0.717, 1.165) is 5.56 Å². The highest BCUT2D eigenvalue weighted by molar-refractivity contribution is 8.16. The van der Waals surface area contributed by atoms with E-state index in [1.54, 1.807) is 60.7 Å². The molecular weight excluding hydrogens is 482 g/mol. The average Bonchev–Trinajstić information content (AvgIpc) is 3.20. The van der Waals surface area contributed by atoms with Gasteiger partial charge >= 0.3 is 5.97 Å². The number of hydrogen-bond donors (Lipinski definition) is 1. The molecule has 1 fully saturated rings. The van der Waals surface area contributed by atoms with Crippen LogP contribution in [0.15, 0.2) is 78.9 Å². The maximum absolute atomic E-state index is 13.0. The Morgan fingerprint density at radius 1 is 0.889 bits per heavy atom. The summed E-state index contributed by atoms with van der Waals surface area (Å²) in [5.74, 6) is -0.843. The van der Waals surface area contributed by atoms with Gasteiger partial charge in [0.1, 0.15) is 18.1 Å². The van der Waals surface area contributed by atoms with E-state index in [1.165, 1.54) is 7.11 Å². The van der Waals surface area contributed by atoms with E-state index in [2.05, 4.69) is 5.32 Å². The Hall–Kier alpha value is -4.11. The summed E-state index contributed by atoms with van der Waals surface area (Å²) in [7, 11) is 1.49. The molecule has 2 amide bonds. The highest BCUT2D eigenvalue weighted by Crippen LogP contribution is 2.37. The lowest BCUT2D eigenvalue weighted by Crippen LogP contribution is -2.46.